The van der Waals surface area contributed by atoms with Crippen LogP contribution >= 0.6 is 11.3 Å². The predicted molar refractivity (Wildman–Crippen MR) is 119 cm³/mol. The molecule has 13 heteroatoms. The number of fused-ring (bicyclic) bond motifs is 1. The van der Waals surface area contributed by atoms with Crippen molar-refractivity contribution in [3.63, 3.8) is 0 Å². The van der Waals surface area contributed by atoms with Crippen molar-refractivity contribution in [2.24, 2.45) is 0 Å². The summed E-state index contributed by atoms with van der Waals surface area (Å²) in [6.07, 6.45) is 0. The second kappa shape index (κ2) is 9.18. The van der Waals surface area contributed by atoms with Gasteiger partial charge >= 0.3 is 11.7 Å². The number of aromatic nitrogens is 2. The van der Waals surface area contributed by atoms with E-state index in [-0.39, 0.29) is 10.1 Å². The van der Waals surface area contributed by atoms with Crippen LogP contribution in [0, 0.1) is 17.5 Å². The molecule has 182 valence electrons. The van der Waals surface area contributed by atoms with Crippen molar-refractivity contribution in [1.29, 1.82) is 0 Å². The summed E-state index contributed by atoms with van der Waals surface area (Å²) in [5, 5.41) is 10.1. The van der Waals surface area contributed by atoms with Crippen LogP contribution in [0.4, 0.5) is 13.2 Å². The van der Waals surface area contributed by atoms with Gasteiger partial charge in [-0.05, 0) is 12.1 Å². The minimum absolute atomic E-state index is 0.126. The van der Waals surface area contributed by atoms with Gasteiger partial charge in [0.2, 0.25) is 0 Å². The van der Waals surface area contributed by atoms with Crippen molar-refractivity contribution in [3.8, 4) is 22.9 Å². The van der Waals surface area contributed by atoms with Crippen LogP contribution in [-0.4, -0.2) is 34.8 Å². The van der Waals surface area contributed by atoms with E-state index in [1.807, 2.05) is 0 Å². The third kappa shape index (κ3) is 4.10. The summed E-state index contributed by atoms with van der Waals surface area (Å²) in [6, 6.07) is 2.37. The Morgan fingerprint density at radius 3 is 2.63 bits per heavy atom. The maximum atomic E-state index is 15.1. The Morgan fingerprint density at radius 2 is 1.94 bits per heavy atom. The first-order chi connectivity index (χ1) is 18.6. The van der Waals surface area contributed by atoms with Crippen molar-refractivity contribution in [1.82, 2.24) is 9.55 Å². The molecule has 0 saturated carbocycles. The summed E-state index contributed by atoms with van der Waals surface area (Å²) in [4.78, 5) is 39.2. The lowest BCUT2D eigenvalue weighted by molar-refractivity contribution is 0.0704. The summed E-state index contributed by atoms with van der Waals surface area (Å²) < 4.78 is 97.1. The van der Waals surface area contributed by atoms with Gasteiger partial charge in [-0.1, -0.05) is 0 Å². The van der Waals surface area contributed by atoms with E-state index in [9.17, 15) is 28.3 Å². The van der Waals surface area contributed by atoms with E-state index in [2.05, 4.69) is 9.72 Å². The summed E-state index contributed by atoms with van der Waals surface area (Å²) in [7, 11) is -2.19. The number of halogens is 3. The van der Waals surface area contributed by atoms with Gasteiger partial charge in [0, 0.05) is 17.5 Å². The van der Waals surface area contributed by atoms with Gasteiger partial charge in [0.05, 0.1) is 43.2 Å². The molecule has 0 radical (unpaired) electrons. The molecule has 2 aromatic carbocycles. The molecule has 35 heavy (non-hydrogen) atoms. The normalized spacial score (nSPS) is 13.9. The molecule has 0 spiro atoms. The third-order valence-corrected chi connectivity index (χ3v) is 5.72. The molecule has 4 aromatic rings. The standard InChI is InChI=1S/C22H15F3N2O7S/c1-32-14-4-3-10(23)18(25)9(14)7-34-16-6-13(11(24)5-15(16)33-2)27-20(28)17-12(26-22(27)31)8-35-19(17)21(29)30/h3-6,8H,7H2,1-2H3,(H,26,31)(H,29,30)/i1D3,7D2. The summed E-state index contributed by atoms with van der Waals surface area (Å²) in [6.45, 7) is -3.42. The number of aromatic carboxylic acids is 1. The smallest absolute Gasteiger partial charge is 0.346 e. The number of methoxy groups -OCH3 is 2. The molecule has 4 rings (SSSR count). The van der Waals surface area contributed by atoms with Crippen LogP contribution in [0.1, 0.15) is 22.1 Å². The lowest BCUT2D eigenvalue weighted by Gasteiger charge is -2.16. The first-order valence-corrected chi connectivity index (χ1v) is 10.2. The SMILES string of the molecule is [2H]C([2H])([2H])Oc1ccc(F)c(F)c1C([2H])([2H])Oc1cc(-n2c(=O)[nH]c3csc(C(=O)O)c3c2=O)c(F)cc1OC. The zero-order valence-electron chi connectivity index (χ0n) is 22.3. The largest absolute Gasteiger partial charge is 0.496 e. The molecular weight excluding hydrogens is 493 g/mol. The average Bonchev–Trinajstić information content (AvgIpc) is 3.26. The van der Waals surface area contributed by atoms with Crippen LogP contribution in [0.25, 0.3) is 16.6 Å². The Kier molecular flexibility index (Phi) is 4.75. The van der Waals surface area contributed by atoms with E-state index in [1.165, 1.54) is 5.38 Å². The molecule has 9 nitrogen and oxygen atoms in total. The molecule has 0 bridgehead atoms. The van der Waals surface area contributed by atoms with Crippen molar-refractivity contribution >= 4 is 28.2 Å². The number of rotatable bonds is 7. The highest BCUT2D eigenvalue weighted by Gasteiger charge is 2.23. The van der Waals surface area contributed by atoms with Gasteiger partial charge in [0.25, 0.3) is 5.56 Å². The van der Waals surface area contributed by atoms with E-state index in [1.54, 1.807) is 0 Å². The molecule has 0 aliphatic heterocycles. The first kappa shape index (κ1) is 18.1. The lowest BCUT2D eigenvalue weighted by atomic mass is 10.2. The van der Waals surface area contributed by atoms with Crippen LogP contribution in [-0.2, 0) is 6.56 Å². The van der Waals surface area contributed by atoms with E-state index in [4.69, 9.17) is 16.3 Å². The second-order valence-electron chi connectivity index (χ2n) is 6.72. The number of ether oxygens (including phenoxy) is 3. The van der Waals surface area contributed by atoms with Crippen molar-refractivity contribution in [2.75, 3.05) is 14.1 Å². The number of nitrogens with zero attached hydrogens (tertiary/aromatic N) is 1. The number of hydrogen-bond donors (Lipinski definition) is 2. The van der Waals surface area contributed by atoms with Crippen LogP contribution in [0.15, 0.2) is 39.2 Å². The van der Waals surface area contributed by atoms with E-state index < -0.39 is 87.0 Å². The number of aromatic amines is 1. The molecule has 0 unspecified atom stereocenters. The topological polar surface area (TPSA) is 120 Å². The first-order valence-electron chi connectivity index (χ1n) is 11.8. The van der Waals surface area contributed by atoms with Crippen LogP contribution < -0.4 is 25.5 Å². The number of hydrogen-bond acceptors (Lipinski definition) is 7. The van der Waals surface area contributed by atoms with E-state index in [0.717, 1.165) is 7.11 Å². The molecular formula is C22H15F3N2O7S. The Morgan fingerprint density at radius 1 is 1.17 bits per heavy atom. The van der Waals surface area contributed by atoms with Crippen LogP contribution in [0.2, 0.25) is 0 Å². The fourth-order valence-corrected chi connectivity index (χ4v) is 4.00. The highest BCUT2D eigenvalue weighted by atomic mass is 32.1. The van der Waals surface area contributed by atoms with Gasteiger partial charge < -0.3 is 24.3 Å². The zero-order valence-corrected chi connectivity index (χ0v) is 18.1. The summed E-state index contributed by atoms with van der Waals surface area (Å²) in [5.74, 6) is -8.42. The molecule has 0 atom stereocenters. The molecule has 0 amide bonds. The zero-order chi connectivity index (χ0) is 29.7. The molecule has 2 aromatic heterocycles. The third-order valence-electron chi connectivity index (χ3n) is 4.75. The van der Waals surface area contributed by atoms with Crippen molar-refractivity contribution < 1.29 is 44.1 Å². The Bertz CT molecular complexity index is 1790. The maximum absolute atomic E-state index is 15.1. The average molecular weight is 513 g/mol. The number of H-pyrrole nitrogens is 1. The van der Waals surface area contributed by atoms with Gasteiger partial charge in [-0.25, -0.2) is 27.3 Å². The van der Waals surface area contributed by atoms with Gasteiger partial charge in [-0.2, -0.15) is 0 Å². The molecule has 0 fully saturated rings. The highest BCUT2D eigenvalue weighted by molar-refractivity contribution is 7.13. The number of thiophene rings is 1. The fourth-order valence-electron chi connectivity index (χ4n) is 3.17. The molecule has 2 N–H and O–H groups in total. The van der Waals surface area contributed by atoms with Gasteiger partial charge in [-0.3, -0.25) is 4.79 Å². The van der Waals surface area contributed by atoms with Crippen LogP contribution in [0.3, 0.4) is 0 Å². The monoisotopic (exact) mass is 513 g/mol. The van der Waals surface area contributed by atoms with Crippen molar-refractivity contribution in [3.05, 3.63) is 78.4 Å². The minimum atomic E-state index is -3.42. The van der Waals surface area contributed by atoms with Crippen molar-refractivity contribution in [2.45, 2.75) is 6.56 Å². The Hall–Kier alpha value is -4.26. The Labute approximate surface area is 204 Å². The predicted octanol–water partition coefficient (Wildman–Crippen LogP) is 3.45. The van der Waals surface area contributed by atoms with Gasteiger partial charge in [0.15, 0.2) is 29.0 Å². The number of carbonyl (C=O) groups is 1. The highest BCUT2D eigenvalue weighted by Crippen LogP contribution is 2.33. The number of benzene rings is 2. The molecule has 2 heterocycles. The number of carboxylic acid groups (broad SMARTS) is 1. The van der Waals surface area contributed by atoms with Gasteiger partial charge in [-0.15, -0.1) is 11.3 Å². The number of nitrogens with one attached hydrogen (secondary N) is 1. The molecule has 0 aliphatic rings. The van der Waals surface area contributed by atoms with Gasteiger partial charge in [0.1, 0.15) is 17.2 Å². The number of carboxylic acids is 1. The van der Waals surface area contributed by atoms with E-state index in [0.29, 0.717) is 35.6 Å². The summed E-state index contributed by atoms with van der Waals surface area (Å²) in [5.41, 5.74) is -4.72. The maximum Gasteiger partial charge on any atom is 0.346 e. The molecule has 0 aliphatic carbocycles. The summed E-state index contributed by atoms with van der Waals surface area (Å²) >= 11 is 0.635. The quantitative estimate of drug-likeness (QED) is 0.388. The van der Waals surface area contributed by atoms with E-state index >= 15 is 4.39 Å². The molecule has 0 saturated heterocycles. The lowest BCUT2D eigenvalue weighted by Crippen LogP contribution is -2.34. The fraction of sp³-hybridized carbons (Fsp3) is 0.136. The second-order valence-corrected chi connectivity index (χ2v) is 7.60. The van der Waals surface area contributed by atoms with Crippen LogP contribution in [0.5, 0.6) is 17.2 Å². The minimum Gasteiger partial charge on any atom is -0.496 e. The Balaban J connectivity index is 1.92.